The van der Waals surface area contributed by atoms with E-state index in [9.17, 15) is 17.6 Å². The van der Waals surface area contributed by atoms with E-state index in [4.69, 9.17) is 0 Å². The molecule has 1 saturated heterocycles. The lowest BCUT2D eigenvalue weighted by Crippen LogP contribution is -2.49. The van der Waals surface area contributed by atoms with Crippen molar-refractivity contribution >= 4 is 15.9 Å². The highest BCUT2D eigenvalue weighted by molar-refractivity contribution is 7.89. The summed E-state index contributed by atoms with van der Waals surface area (Å²) in [7, 11) is -3.66. The second kappa shape index (κ2) is 6.57. The van der Waals surface area contributed by atoms with Crippen LogP contribution in [0.5, 0.6) is 0 Å². The van der Waals surface area contributed by atoms with Crippen LogP contribution in [0.2, 0.25) is 0 Å². The van der Waals surface area contributed by atoms with Crippen LogP contribution in [0.3, 0.4) is 0 Å². The number of piperidine rings is 1. The molecule has 1 amide bonds. The third-order valence-corrected chi connectivity index (χ3v) is 5.41. The van der Waals surface area contributed by atoms with Crippen LogP contribution in [0.25, 0.3) is 0 Å². The molecule has 0 aromatic heterocycles. The molecule has 23 heavy (non-hydrogen) atoms. The lowest BCUT2D eigenvalue weighted by molar-refractivity contribution is -0.140. The fraction of sp³-hybridized carbons (Fsp3) is 0.562. The second-order valence-corrected chi connectivity index (χ2v) is 8.61. The van der Waals surface area contributed by atoms with Crippen LogP contribution in [0.1, 0.15) is 33.6 Å². The van der Waals surface area contributed by atoms with Gasteiger partial charge in [0, 0.05) is 24.5 Å². The smallest absolute Gasteiger partial charge is 0.240 e. The molecule has 0 radical (unpaired) electrons. The average Bonchev–Trinajstić information content (AvgIpc) is 2.46. The predicted molar refractivity (Wildman–Crippen MR) is 85.8 cm³/mol. The Hall–Kier alpha value is -1.47. The van der Waals surface area contributed by atoms with Crippen molar-refractivity contribution in [2.75, 3.05) is 13.1 Å². The van der Waals surface area contributed by atoms with Gasteiger partial charge < -0.3 is 4.90 Å². The van der Waals surface area contributed by atoms with Gasteiger partial charge >= 0.3 is 0 Å². The Balaban J connectivity index is 1.96. The van der Waals surface area contributed by atoms with Gasteiger partial charge in [-0.1, -0.05) is 20.8 Å². The first-order valence-corrected chi connectivity index (χ1v) is 9.15. The lowest BCUT2D eigenvalue weighted by Gasteiger charge is -2.35. The summed E-state index contributed by atoms with van der Waals surface area (Å²) in [6.07, 6.45) is 1.14. The maximum Gasteiger partial charge on any atom is 0.240 e. The molecule has 1 aliphatic heterocycles. The van der Waals surface area contributed by atoms with Gasteiger partial charge in [-0.25, -0.2) is 17.5 Å². The maximum absolute atomic E-state index is 12.9. The van der Waals surface area contributed by atoms with Gasteiger partial charge in [0.25, 0.3) is 0 Å². The SMILES string of the molecule is CC(C)(C)C(=O)N1CCC(NS(=O)(=O)c2ccc(F)cc2)CC1. The molecule has 1 aromatic rings. The Morgan fingerprint density at radius 1 is 1.17 bits per heavy atom. The molecule has 0 atom stereocenters. The van der Waals surface area contributed by atoms with Gasteiger partial charge in [-0.2, -0.15) is 0 Å². The van der Waals surface area contributed by atoms with E-state index in [0.717, 1.165) is 12.1 Å². The minimum absolute atomic E-state index is 0.0482. The van der Waals surface area contributed by atoms with E-state index in [1.807, 2.05) is 20.8 Å². The van der Waals surface area contributed by atoms with Gasteiger partial charge in [-0.3, -0.25) is 4.79 Å². The number of hydrogen-bond acceptors (Lipinski definition) is 3. The van der Waals surface area contributed by atoms with Crippen molar-refractivity contribution in [3.05, 3.63) is 30.1 Å². The number of carbonyl (C=O) groups is 1. The third kappa shape index (κ3) is 4.51. The summed E-state index contributed by atoms with van der Waals surface area (Å²) >= 11 is 0. The van der Waals surface area contributed by atoms with Gasteiger partial charge in [0.15, 0.2) is 0 Å². The number of likely N-dealkylation sites (tertiary alicyclic amines) is 1. The van der Waals surface area contributed by atoms with Crippen molar-refractivity contribution in [1.29, 1.82) is 0 Å². The van der Waals surface area contributed by atoms with E-state index in [-0.39, 0.29) is 16.8 Å². The highest BCUT2D eigenvalue weighted by Gasteiger charge is 2.31. The number of amides is 1. The van der Waals surface area contributed by atoms with Crippen LogP contribution in [0, 0.1) is 11.2 Å². The monoisotopic (exact) mass is 342 g/mol. The number of rotatable bonds is 3. The minimum atomic E-state index is -3.66. The Kier molecular flexibility index (Phi) is 5.10. The topological polar surface area (TPSA) is 66.5 Å². The average molecular weight is 342 g/mol. The quantitative estimate of drug-likeness (QED) is 0.915. The van der Waals surface area contributed by atoms with Gasteiger partial charge in [0.1, 0.15) is 5.82 Å². The van der Waals surface area contributed by atoms with Crippen molar-refractivity contribution in [3.8, 4) is 0 Å². The Labute approximate surface area is 136 Å². The van der Waals surface area contributed by atoms with Gasteiger partial charge in [-0.15, -0.1) is 0 Å². The predicted octanol–water partition coefficient (Wildman–Crippen LogP) is 2.14. The molecule has 1 fully saturated rings. The molecule has 0 unspecified atom stereocenters. The number of benzene rings is 1. The number of carbonyl (C=O) groups excluding carboxylic acids is 1. The van der Waals surface area contributed by atoms with Gasteiger partial charge in [-0.05, 0) is 37.1 Å². The first kappa shape index (κ1) is 17.9. The minimum Gasteiger partial charge on any atom is -0.342 e. The summed E-state index contributed by atoms with van der Waals surface area (Å²) in [6.45, 7) is 6.69. The van der Waals surface area contributed by atoms with Crippen LogP contribution in [-0.4, -0.2) is 38.4 Å². The van der Waals surface area contributed by atoms with Crippen LogP contribution in [0.15, 0.2) is 29.2 Å². The summed E-state index contributed by atoms with van der Waals surface area (Å²) in [5.74, 6) is -0.393. The molecule has 0 bridgehead atoms. The molecule has 1 N–H and O–H groups in total. The second-order valence-electron chi connectivity index (χ2n) is 6.89. The van der Waals surface area contributed by atoms with Crippen molar-refractivity contribution in [2.24, 2.45) is 5.41 Å². The van der Waals surface area contributed by atoms with Crippen molar-refractivity contribution in [2.45, 2.75) is 44.6 Å². The number of sulfonamides is 1. The molecule has 5 nitrogen and oxygen atoms in total. The summed E-state index contributed by atoms with van der Waals surface area (Å²) in [5.41, 5.74) is -0.430. The van der Waals surface area contributed by atoms with E-state index in [1.54, 1.807) is 4.90 Å². The number of nitrogens with one attached hydrogen (secondary N) is 1. The molecular weight excluding hydrogens is 319 g/mol. The molecule has 1 aliphatic rings. The van der Waals surface area contributed by atoms with E-state index in [1.165, 1.54) is 12.1 Å². The molecule has 2 rings (SSSR count). The molecule has 0 spiro atoms. The maximum atomic E-state index is 12.9. The molecule has 1 heterocycles. The Bertz CT molecular complexity index is 658. The molecule has 0 aliphatic carbocycles. The summed E-state index contributed by atoms with van der Waals surface area (Å²) in [5, 5.41) is 0. The van der Waals surface area contributed by atoms with E-state index in [2.05, 4.69) is 4.72 Å². The van der Waals surface area contributed by atoms with Crippen molar-refractivity contribution in [1.82, 2.24) is 9.62 Å². The molecule has 7 heteroatoms. The van der Waals surface area contributed by atoms with Gasteiger partial charge in [0.2, 0.25) is 15.9 Å². The number of hydrogen-bond donors (Lipinski definition) is 1. The summed E-state index contributed by atoms with van der Waals surface area (Å²) < 4.78 is 40.1. The first-order valence-electron chi connectivity index (χ1n) is 7.67. The van der Waals surface area contributed by atoms with Crippen LogP contribution in [-0.2, 0) is 14.8 Å². The van der Waals surface area contributed by atoms with Crippen molar-refractivity contribution in [3.63, 3.8) is 0 Å². The molecular formula is C16H23FN2O3S. The van der Waals surface area contributed by atoms with E-state index < -0.39 is 21.3 Å². The first-order chi connectivity index (χ1) is 10.6. The van der Waals surface area contributed by atoms with E-state index >= 15 is 0 Å². The normalized spacial score (nSPS) is 17.3. The number of nitrogens with zero attached hydrogens (tertiary/aromatic N) is 1. The molecule has 0 saturated carbocycles. The summed E-state index contributed by atoms with van der Waals surface area (Å²) in [6, 6.07) is 4.53. The zero-order chi connectivity index (χ0) is 17.3. The third-order valence-electron chi connectivity index (χ3n) is 3.87. The fourth-order valence-corrected chi connectivity index (χ4v) is 3.88. The van der Waals surface area contributed by atoms with Crippen LogP contribution < -0.4 is 4.72 Å². The summed E-state index contributed by atoms with van der Waals surface area (Å²) in [4.78, 5) is 14.0. The zero-order valence-electron chi connectivity index (χ0n) is 13.7. The van der Waals surface area contributed by atoms with Crippen molar-refractivity contribution < 1.29 is 17.6 Å². The molecule has 1 aromatic carbocycles. The Morgan fingerprint density at radius 2 is 1.70 bits per heavy atom. The van der Waals surface area contributed by atoms with Crippen LogP contribution >= 0.6 is 0 Å². The Morgan fingerprint density at radius 3 is 2.17 bits per heavy atom. The highest BCUT2D eigenvalue weighted by atomic mass is 32.2. The zero-order valence-corrected chi connectivity index (χ0v) is 14.5. The highest BCUT2D eigenvalue weighted by Crippen LogP contribution is 2.22. The van der Waals surface area contributed by atoms with Gasteiger partial charge in [0.05, 0.1) is 4.90 Å². The molecule has 128 valence electrons. The van der Waals surface area contributed by atoms with E-state index in [0.29, 0.717) is 25.9 Å². The van der Waals surface area contributed by atoms with Crippen LogP contribution in [0.4, 0.5) is 4.39 Å². The standard InChI is InChI=1S/C16H23FN2O3S/c1-16(2,3)15(20)19-10-8-13(9-11-19)18-23(21,22)14-6-4-12(17)5-7-14/h4-7,13,18H,8-11H2,1-3H3. The largest absolute Gasteiger partial charge is 0.342 e. The number of halogens is 1. The fourth-order valence-electron chi connectivity index (χ4n) is 2.58. The lowest BCUT2D eigenvalue weighted by atomic mass is 9.93.